The maximum absolute atomic E-state index is 5.80. The van der Waals surface area contributed by atoms with Crippen molar-refractivity contribution in [2.75, 3.05) is 5.32 Å². The molecule has 1 fully saturated rings. The molecule has 1 saturated heterocycles. The average Bonchev–Trinajstić information content (AvgIpc) is 2.11. The minimum absolute atomic E-state index is 0.121. The number of piperidine rings is 1. The summed E-state index contributed by atoms with van der Waals surface area (Å²) in [6.07, 6.45) is 3.78. The van der Waals surface area contributed by atoms with Crippen molar-refractivity contribution >= 4 is 17.4 Å². The van der Waals surface area contributed by atoms with E-state index < -0.39 is 0 Å². The molecule has 100 valence electrons. The van der Waals surface area contributed by atoms with E-state index in [-0.39, 0.29) is 16.4 Å². The molecule has 2 rings (SSSR count). The van der Waals surface area contributed by atoms with Gasteiger partial charge in [-0.2, -0.15) is 0 Å². The minimum Gasteiger partial charge on any atom is -0.367 e. The molecular formula is C13H21ClN4. The van der Waals surface area contributed by atoms with Gasteiger partial charge in [0.1, 0.15) is 5.82 Å². The summed E-state index contributed by atoms with van der Waals surface area (Å²) in [6, 6.07) is 2.25. The second kappa shape index (κ2) is 4.67. The lowest BCUT2D eigenvalue weighted by atomic mass is 9.79. The summed E-state index contributed by atoms with van der Waals surface area (Å²) in [5.74, 6) is 0.800. The summed E-state index contributed by atoms with van der Waals surface area (Å²) in [5, 5.41) is 7.40. The molecule has 4 nitrogen and oxygen atoms in total. The highest BCUT2D eigenvalue weighted by atomic mass is 35.5. The van der Waals surface area contributed by atoms with Crippen LogP contribution in [0, 0.1) is 0 Å². The van der Waals surface area contributed by atoms with Crippen molar-refractivity contribution in [2.24, 2.45) is 0 Å². The Hall–Kier alpha value is -0.870. The molecule has 1 aliphatic heterocycles. The largest absolute Gasteiger partial charge is 0.367 e. The van der Waals surface area contributed by atoms with Gasteiger partial charge in [0.15, 0.2) is 0 Å². The van der Waals surface area contributed by atoms with E-state index >= 15 is 0 Å². The third-order valence-corrected chi connectivity index (χ3v) is 3.35. The zero-order valence-corrected chi connectivity index (χ0v) is 12.2. The zero-order valence-electron chi connectivity index (χ0n) is 11.4. The number of nitrogens with zero attached hydrogens (tertiary/aromatic N) is 2. The molecular weight excluding hydrogens is 248 g/mol. The summed E-state index contributed by atoms with van der Waals surface area (Å²) < 4.78 is 0. The number of hydrogen-bond donors (Lipinski definition) is 2. The first kappa shape index (κ1) is 13.6. The SMILES string of the molecule is CC1(C)CC(Nc2ccnc(Cl)n2)CC(C)(C)N1. The molecule has 0 radical (unpaired) electrons. The van der Waals surface area contributed by atoms with E-state index in [9.17, 15) is 0 Å². The Morgan fingerprint density at radius 3 is 2.44 bits per heavy atom. The molecule has 0 spiro atoms. The smallest absolute Gasteiger partial charge is 0.224 e. The molecule has 0 unspecified atom stereocenters. The zero-order chi connectivity index (χ0) is 13.4. The van der Waals surface area contributed by atoms with E-state index in [1.54, 1.807) is 6.20 Å². The van der Waals surface area contributed by atoms with Crippen molar-refractivity contribution in [3.05, 3.63) is 17.5 Å². The second-order valence-electron chi connectivity index (χ2n) is 6.35. The summed E-state index contributed by atoms with van der Waals surface area (Å²) in [4.78, 5) is 8.08. The lowest BCUT2D eigenvalue weighted by Gasteiger charge is -2.46. The molecule has 2 heterocycles. The Labute approximate surface area is 114 Å². The normalized spacial score (nSPS) is 22.7. The number of anilines is 1. The van der Waals surface area contributed by atoms with Crippen LogP contribution in [0.25, 0.3) is 0 Å². The van der Waals surface area contributed by atoms with Gasteiger partial charge >= 0.3 is 0 Å². The molecule has 0 saturated carbocycles. The monoisotopic (exact) mass is 268 g/mol. The van der Waals surface area contributed by atoms with Crippen molar-refractivity contribution in [1.29, 1.82) is 0 Å². The summed E-state index contributed by atoms with van der Waals surface area (Å²) in [6.45, 7) is 8.93. The second-order valence-corrected chi connectivity index (χ2v) is 6.69. The predicted molar refractivity (Wildman–Crippen MR) is 75.0 cm³/mol. The first-order valence-corrected chi connectivity index (χ1v) is 6.68. The highest BCUT2D eigenvalue weighted by molar-refractivity contribution is 6.28. The van der Waals surface area contributed by atoms with E-state index in [0.717, 1.165) is 18.7 Å². The lowest BCUT2D eigenvalue weighted by molar-refractivity contribution is 0.170. The Balaban J connectivity index is 2.09. The van der Waals surface area contributed by atoms with Gasteiger partial charge in [0.05, 0.1) is 0 Å². The molecule has 1 aromatic rings. The van der Waals surface area contributed by atoms with Crippen molar-refractivity contribution in [2.45, 2.75) is 57.7 Å². The van der Waals surface area contributed by atoms with Gasteiger partial charge in [-0.3, -0.25) is 0 Å². The van der Waals surface area contributed by atoms with Crippen LogP contribution in [0.3, 0.4) is 0 Å². The van der Waals surface area contributed by atoms with Crippen LogP contribution in [0.5, 0.6) is 0 Å². The molecule has 0 amide bonds. The highest BCUT2D eigenvalue weighted by Gasteiger charge is 2.37. The van der Waals surface area contributed by atoms with Gasteiger partial charge in [-0.25, -0.2) is 9.97 Å². The molecule has 1 aliphatic rings. The van der Waals surface area contributed by atoms with Crippen LogP contribution in [-0.2, 0) is 0 Å². The fourth-order valence-electron chi connectivity index (χ4n) is 3.05. The van der Waals surface area contributed by atoms with Crippen LogP contribution < -0.4 is 10.6 Å². The van der Waals surface area contributed by atoms with Crippen molar-refractivity contribution in [3.8, 4) is 0 Å². The Kier molecular flexibility index (Phi) is 3.52. The Bertz CT molecular complexity index is 415. The maximum atomic E-state index is 5.80. The standard InChI is InChI=1S/C13H21ClN4/c1-12(2)7-9(8-13(3,4)18-12)16-10-5-6-15-11(14)17-10/h5-6,9,18H,7-8H2,1-4H3,(H,15,16,17). The Morgan fingerprint density at radius 2 is 1.89 bits per heavy atom. The van der Waals surface area contributed by atoms with Gasteiger partial charge in [0.25, 0.3) is 0 Å². The number of hydrogen-bond acceptors (Lipinski definition) is 4. The first-order chi connectivity index (χ1) is 8.26. The quantitative estimate of drug-likeness (QED) is 0.810. The van der Waals surface area contributed by atoms with Crippen molar-refractivity contribution in [1.82, 2.24) is 15.3 Å². The van der Waals surface area contributed by atoms with E-state index in [0.29, 0.717) is 6.04 Å². The van der Waals surface area contributed by atoms with E-state index in [4.69, 9.17) is 11.6 Å². The van der Waals surface area contributed by atoms with Gasteiger partial charge in [-0.15, -0.1) is 0 Å². The maximum Gasteiger partial charge on any atom is 0.224 e. The molecule has 1 aromatic heterocycles. The fraction of sp³-hybridized carbons (Fsp3) is 0.692. The molecule has 0 aromatic carbocycles. The van der Waals surface area contributed by atoms with Crippen LogP contribution in [0.15, 0.2) is 12.3 Å². The molecule has 0 bridgehead atoms. The van der Waals surface area contributed by atoms with Crippen LogP contribution in [-0.4, -0.2) is 27.1 Å². The van der Waals surface area contributed by atoms with Crippen molar-refractivity contribution in [3.63, 3.8) is 0 Å². The third kappa shape index (κ3) is 3.56. The topological polar surface area (TPSA) is 49.8 Å². The summed E-state index contributed by atoms with van der Waals surface area (Å²) in [5.41, 5.74) is 0.243. The number of halogens is 1. The number of nitrogens with one attached hydrogen (secondary N) is 2. The van der Waals surface area contributed by atoms with Gasteiger partial charge in [0, 0.05) is 23.3 Å². The van der Waals surface area contributed by atoms with Crippen LogP contribution in [0.4, 0.5) is 5.82 Å². The molecule has 0 aliphatic carbocycles. The third-order valence-electron chi connectivity index (χ3n) is 3.17. The van der Waals surface area contributed by atoms with E-state index in [1.807, 2.05) is 6.07 Å². The molecule has 5 heteroatoms. The summed E-state index contributed by atoms with van der Waals surface area (Å²) in [7, 11) is 0. The molecule has 18 heavy (non-hydrogen) atoms. The predicted octanol–water partition coefficient (Wildman–Crippen LogP) is 2.85. The molecule has 0 atom stereocenters. The van der Waals surface area contributed by atoms with E-state index in [1.165, 1.54) is 0 Å². The highest BCUT2D eigenvalue weighted by Crippen LogP contribution is 2.30. The van der Waals surface area contributed by atoms with E-state index in [2.05, 4.69) is 48.3 Å². The summed E-state index contributed by atoms with van der Waals surface area (Å²) >= 11 is 5.80. The van der Waals surface area contributed by atoms with Gasteiger partial charge in [-0.05, 0) is 58.2 Å². The van der Waals surface area contributed by atoms with Gasteiger partial charge in [0.2, 0.25) is 5.28 Å². The number of rotatable bonds is 2. The fourth-order valence-corrected chi connectivity index (χ4v) is 3.20. The lowest BCUT2D eigenvalue weighted by Crippen LogP contribution is -2.60. The van der Waals surface area contributed by atoms with Gasteiger partial charge in [-0.1, -0.05) is 0 Å². The van der Waals surface area contributed by atoms with Crippen LogP contribution in [0.1, 0.15) is 40.5 Å². The minimum atomic E-state index is 0.121. The van der Waals surface area contributed by atoms with Crippen LogP contribution in [0.2, 0.25) is 5.28 Å². The average molecular weight is 269 g/mol. The van der Waals surface area contributed by atoms with Crippen LogP contribution >= 0.6 is 11.6 Å². The van der Waals surface area contributed by atoms with Gasteiger partial charge < -0.3 is 10.6 Å². The molecule has 2 N–H and O–H groups in total. The first-order valence-electron chi connectivity index (χ1n) is 6.30. The number of aromatic nitrogens is 2. The van der Waals surface area contributed by atoms with Crippen molar-refractivity contribution < 1.29 is 0 Å². The Morgan fingerprint density at radius 1 is 1.28 bits per heavy atom.